The molecule has 0 saturated carbocycles. The summed E-state index contributed by atoms with van der Waals surface area (Å²) < 4.78 is 45.9. The molecule has 1 heterocycles. The zero-order chi connectivity index (χ0) is 15.1. The minimum atomic E-state index is -1.22. The van der Waals surface area contributed by atoms with Crippen molar-refractivity contribution >= 4 is 0 Å². The van der Waals surface area contributed by atoms with Crippen LogP contribution in [-0.2, 0) is 0 Å². The zero-order valence-electron chi connectivity index (χ0n) is 11.4. The number of nitrogens with two attached hydrogens (primary N) is 1. The highest BCUT2D eigenvalue weighted by atomic mass is 19.2. The van der Waals surface area contributed by atoms with Crippen molar-refractivity contribution in [2.45, 2.75) is 25.5 Å². The van der Waals surface area contributed by atoms with Crippen LogP contribution in [0.4, 0.5) is 13.2 Å². The van der Waals surface area contributed by atoms with E-state index in [4.69, 9.17) is 10.5 Å². The molecular formula is C16H14F3NO. The quantitative estimate of drug-likeness (QED) is 0.808. The number of rotatable bonds is 1. The molecule has 2 nitrogen and oxygen atoms in total. The summed E-state index contributed by atoms with van der Waals surface area (Å²) in [5, 5.41) is 0. The van der Waals surface area contributed by atoms with Crippen LogP contribution < -0.4 is 10.5 Å². The number of aryl methyl sites for hydroxylation is 1. The van der Waals surface area contributed by atoms with Crippen molar-refractivity contribution in [3.63, 3.8) is 0 Å². The maximum Gasteiger partial charge on any atom is 0.161 e. The molecule has 2 aromatic carbocycles. The Kier molecular flexibility index (Phi) is 3.37. The summed E-state index contributed by atoms with van der Waals surface area (Å²) in [6.07, 6.45) is -0.427. The van der Waals surface area contributed by atoms with E-state index in [1.165, 1.54) is 0 Å². The smallest absolute Gasteiger partial charge is 0.161 e. The lowest BCUT2D eigenvalue weighted by molar-refractivity contribution is 0.156. The van der Waals surface area contributed by atoms with Gasteiger partial charge in [-0.1, -0.05) is 17.7 Å². The molecule has 1 aliphatic heterocycles. The second-order valence-electron chi connectivity index (χ2n) is 5.28. The summed E-state index contributed by atoms with van der Waals surface area (Å²) in [5.41, 5.74) is 7.96. The highest BCUT2D eigenvalue weighted by Gasteiger charge is 2.29. The van der Waals surface area contributed by atoms with Gasteiger partial charge in [0.15, 0.2) is 11.6 Å². The molecule has 2 N–H and O–H groups in total. The average Bonchev–Trinajstić information content (AvgIpc) is 2.43. The van der Waals surface area contributed by atoms with Gasteiger partial charge < -0.3 is 10.5 Å². The largest absolute Gasteiger partial charge is 0.485 e. The number of ether oxygens (including phenoxy) is 1. The molecule has 0 aliphatic carbocycles. The van der Waals surface area contributed by atoms with E-state index >= 15 is 0 Å². The predicted molar refractivity (Wildman–Crippen MR) is 72.4 cm³/mol. The fourth-order valence-corrected chi connectivity index (χ4v) is 2.60. The van der Waals surface area contributed by atoms with Gasteiger partial charge in [-0.15, -0.1) is 0 Å². The standard InChI is InChI=1S/C16H14F3NO/c1-8-2-3-15-10(4-8)14(20)7-16(21-15)9-5-12(18)13(19)6-11(9)17/h2-6,14,16H,7,20H2,1H3. The second kappa shape index (κ2) is 5.07. The molecular weight excluding hydrogens is 279 g/mol. The fraction of sp³-hybridized carbons (Fsp3) is 0.250. The van der Waals surface area contributed by atoms with Crippen LogP contribution in [0.1, 0.15) is 35.3 Å². The van der Waals surface area contributed by atoms with Crippen molar-refractivity contribution in [3.8, 4) is 5.75 Å². The van der Waals surface area contributed by atoms with Crippen LogP contribution in [0, 0.1) is 24.4 Å². The highest BCUT2D eigenvalue weighted by molar-refractivity contribution is 5.41. The summed E-state index contributed by atoms with van der Waals surface area (Å²) in [6, 6.07) is 6.55. The molecule has 3 rings (SSSR count). The van der Waals surface area contributed by atoms with E-state index in [0.717, 1.165) is 17.2 Å². The number of halogens is 3. The minimum Gasteiger partial charge on any atom is -0.485 e. The van der Waals surface area contributed by atoms with Crippen LogP contribution in [-0.4, -0.2) is 0 Å². The molecule has 0 saturated heterocycles. The Morgan fingerprint density at radius 3 is 2.48 bits per heavy atom. The van der Waals surface area contributed by atoms with Gasteiger partial charge in [0.1, 0.15) is 17.7 Å². The van der Waals surface area contributed by atoms with Gasteiger partial charge in [0.25, 0.3) is 0 Å². The first kappa shape index (κ1) is 13.9. The first-order valence-electron chi connectivity index (χ1n) is 6.63. The molecule has 21 heavy (non-hydrogen) atoms. The van der Waals surface area contributed by atoms with Crippen LogP contribution in [0.2, 0.25) is 0 Å². The van der Waals surface area contributed by atoms with Crippen molar-refractivity contribution in [3.05, 3.63) is 64.5 Å². The van der Waals surface area contributed by atoms with E-state index in [0.29, 0.717) is 18.2 Å². The molecule has 0 radical (unpaired) electrons. The van der Waals surface area contributed by atoms with Gasteiger partial charge in [-0.2, -0.15) is 0 Å². The lowest BCUT2D eigenvalue weighted by Gasteiger charge is -2.31. The summed E-state index contributed by atoms with van der Waals surface area (Å²) in [5.74, 6) is -2.60. The molecule has 0 aromatic heterocycles. The van der Waals surface area contributed by atoms with Crippen molar-refractivity contribution in [1.29, 1.82) is 0 Å². The van der Waals surface area contributed by atoms with Crippen LogP contribution in [0.3, 0.4) is 0 Å². The molecule has 5 heteroatoms. The third-order valence-corrected chi connectivity index (χ3v) is 3.69. The average molecular weight is 293 g/mol. The molecule has 2 unspecified atom stereocenters. The Hall–Kier alpha value is -2.01. The Labute approximate surface area is 120 Å². The minimum absolute atomic E-state index is 0.0180. The van der Waals surface area contributed by atoms with Gasteiger partial charge in [0.2, 0.25) is 0 Å². The van der Waals surface area contributed by atoms with E-state index in [9.17, 15) is 13.2 Å². The van der Waals surface area contributed by atoms with Crippen molar-refractivity contribution < 1.29 is 17.9 Å². The Bertz CT molecular complexity index is 702. The normalized spacial score (nSPS) is 20.8. The topological polar surface area (TPSA) is 35.2 Å². The molecule has 2 atom stereocenters. The van der Waals surface area contributed by atoms with E-state index < -0.39 is 23.6 Å². The SMILES string of the molecule is Cc1ccc2c(c1)C(N)CC(c1cc(F)c(F)cc1F)O2. The van der Waals surface area contributed by atoms with E-state index in [-0.39, 0.29) is 11.6 Å². The Morgan fingerprint density at radius 2 is 1.71 bits per heavy atom. The van der Waals surface area contributed by atoms with Crippen molar-refractivity contribution in [2.75, 3.05) is 0 Å². The van der Waals surface area contributed by atoms with Gasteiger partial charge in [-0.3, -0.25) is 0 Å². The molecule has 2 aromatic rings. The molecule has 0 bridgehead atoms. The molecule has 110 valence electrons. The summed E-state index contributed by atoms with van der Waals surface area (Å²) in [6.45, 7) is 1.94. The lowest BCUT2D eigenvalue weighted by Crippen LogP contribution is -2.25. The van der Waals surface area contributed by atoms with E-state index in [1.54, 1.807) is 6.07 Å². The van der Waals surface area contributed by atoms with Crippen LogP contribution >= 0.6 is 0 Å². The maximum atomic E-state index is 13.9. The first-order chi connectivity index (χ1) is 9.95. The van der Waals surface area contributed by atoms with Gasteiger partial charge in [-0.25, -0.2) is 13.2 Å². The van der Waals surface area contributed by atoms with Gasteiger partial charge >= 0.3 is 0 Å². The van der Waals surface area contributed by atoms with Crippen molar-refractivity contribution in [1.82, 2.24) is 0 Å². The number of hydrogen-bond acceptors (Lipinski definition) is 2. The van der Waals surface area contributed by atoms with Gasteiger partial charge in [0, 0.05) is 29.7 Å². The molecule has 0 fully saturated rings. The number of fused-ring (bicyclic) bond motifs is 1. The molecule has 0 amide bonds. The Morgan fingerprint density at radius 1 is 1.00 bits per heavy atom. The molecule has 0 spiro atoms. The first-order valence-corrected chi connectivity index (χ1v) is 6.63. The lowest BCUT2D eigenvalue weighted by atomic mass is 9.92. The number of benzene rings is 2. The maximum absolute atomic E-state index is 13.9. The van der Waals surface area contributed by atoms with Gasteiger partial charge in [0.05, 0.1) is 0 Å². The third kappa shape index (κ3) is 2.49. The van der Waals surface area contributed by atoms with Crippen LogP contribution in [0.15, 0.2) is 30.3 Å². The van der Waals surface area contributed by atoms with E-state index in [2.05, 4.69) is 0 Å². The van der Waals surface area contributed by atoms with Crippen molar-refractivity contribution in [2.24, 2.45) is 5.73 Å². The fourth-order valence-electron chi connectivity index (χ4n) is 2.60. The van der Waals surface area contributed by atoms with Crippen LogP contribution in [0.5, 0.6) is 5.75 Å². The zero-order valence-corrected chi connectivity index (χ0v) is 11.4. The van der Waals surface area contributed by atoms with Gasteiger partial charge in [-0.05, 0) is 19.1 Å². The second-order valence-corrected chi connectivity index (χ2v) is 5.28. The monoisotopic (exact) mass is 293 g/mol. The molecule has 1 aliphatic rings. The summed E-state index contributed by atoms with van der Waals surface area (Å²) in [4.78, 5) is 0. The predicted octanol–water partition coefficient (Wildman–Crippen LogP) is 3.94. The van der Waals surface area contributed by atoms with Crippen LogP contribution in [0.25, 0.3) is 0 Å². The van der Waals surface area contributed by atoms with E-state index in [1.807, 2.05) is 19.1 Å². The summed E-state index contributed by atoms with van der Waals surface area (Å²) in [7, 11) is 0. The number of hydrogen-bond donors (Lipinski definition) is 1. The summed E-state index contributed by atoms with van der Waals surface area (Å²) >= 11 is 0. The highest BCUT2D eigenvalue weighted by Crippen LogP contribution is 2.40. The third-order valence-electron chi connectivity index (χ3n) is 3.69. The Balaban J connectivity index is 1.99.